The summed E-state index contributed by atoms with van der Waals surface area (Å²) in [5.41, 5.74) is 5.03. The lowest BCUT2D eigenvalue weighted by atomic mass is 9.72. The zero-order valence-corrected chi connectivity index (χ0v) is 81.1. The van der Waals surface area contributed by atoms with E-state index in [1.165, 1.54) is 16.7 Å². The Bertz CT molecular complexity index is 2560. The standard InChI is InChI=1S/C96H171BO30/c1-91(2,3)82-94(10,11)85-16-22-88(23-17-85)122-76-70-116-64-58-110-52-46-104-40-34-98-28-31-101-37-43-107-49-55-113-61-67-119-73-79-125-97(126-80-74-120-68-62-114-56-50-108-44-38-102-32-29-99-35-41-105-47-53-111-59-65-117-71-77-123-89-24-18-86(19-25-89)95(12,13)83-92(4,5)6)127-81-75-121-69-63-115-57-51-109-45-39-103-33-30-100-36-42-106-48-54-112-60-66-118-72-78-124-90-26-20-87(21-27-90)96(14,15)84-93(7,8)9/h16-27H,28-84H2,1-15H3. The molecule has 3 aromatic rings. The largest absolute Gasteiger partial charge is 0.639 e. The minimum absolute atomic E-state index is 0.0999. The molecule has 0 fully saturated rings. The van der Waals surface area contributed by atoms with E-state index in [9.17, 15) is 0 Å². The van der Waals surface area contributed by atoms with Gasteiger partial charge in [0.1, 0.15) is 37.1 Å². The fraction of sp³-hybridized carbons (Fsp3) is 0.812. The zero-order valence-electron chi connectivity index (χ0n) is 81.1. The van der Waals surface area contributed by atoms with Crippen molar-refractivity contribution < 1.29 is 142 Å². The molecule has 0 atom stereocenters. The van der Waals surface area contributed by atoms with Crippen molar-refractivity contribution in [3.8, 4) is 17.2 Å². The molecule has 0 bridgehead atoms. The normalized spacial score (nSPS) is 12.5. The molecule has 0 spiro atoms. The second-order valence-corrected chi connectivity index (χ2v) is 35.6. The SMILES string of the molecule is CC(C)(C)CC(C)(C)c1ccc(OCCOCCOCCOCCOCCOCCOCCOCCOCCOB(OCCOCCOCCOCCOCCOCCOCCOCCOCCOc2ccc(C(C)(C)CC(C)(C)C)cc2)OCCOCCOCCOCCOCCOCCOCCOCCOCCOc2ccc(C(C)(C)CC(C)(C)C)cc2)cc1. The summed E-state index contributed by atoms with van der Waals surface area (Å²) in [4.78, 5) is 0. The van der Waals surface area contributed by atoms with Crippen LogP contribution in [0.3, 0.4) is 0 Å². The molecule has 0 aliphatic rings. The van der Waals surface area contributed by atoms with Crippen LogP contribution in [0.25, 0.3) is 0 Å². The van der Waals surface area contributed by atoms with Crippen LogP contribution >= 0.6 is 0 Å². The van der Waals surface area contributed by atoms with Crippen molar-refractivity contribution >= 4 is 7.32 Å². The summed E-state index contributed by atoms with van der Waals surface area (Å²) in [5.74, 6) is 2.54. The van der Waals surface area contributed by atoms with E-state index in [2.05, 4.69) is 140 Å². The van der Waals surface area contributed by atoms with Gasteiger partial charge in [0.25, 0.3) is 0 Å². The molecule has 0 amide bonds. The fourth-order valence-electron chi connectivity index (χ4n) is 13.6. The molecule has 0 aliphatic carbocycles. The van der Waals surface area contributed by atoms with Gasteiger partial charge >= 0.3 is 7.32 Å². The van der Waals surface area contributed by atoms with Crippen LogP contribution in [0.4, 0.5) is 0 Å². The number of rotatable bonds is 93. The average molecular weight is 1820 g/mol. The van der Waals surface area contributed by atoms with Gasteiger partial charge in [-0.3, -0.25) is 0 Å². The molecule has 0 radical (unpaired) electrons. The monoisotopic (exact) mass is 1820 g/mol. The molecule has 3 aromatic carbocycles. The van der Waals surface area contributed by atoms with E-state index in [4.69, 9.17) is 142 Å². The van der Waals surface area contributed by atoms with Crippen molar-refractivity contribution in [2.75, 3.05) is 357 Å². The molecular formula is C96H171BO30. The van der Waals surface area contributed by atoms with Crippen molar-refractivity contribution in [2.24, 2.45) is 16.2 Å². The maximum atomic E-state index is 5.86. The van der Waals surface area contributed by atoms with Gasteiger partial charge in [0, 0.05) is 0 Å². The highest BCUT2D eigenvalue weighted by Crippen LogP contribution is 2.39. The fourth-order valence-corrected chi connectivity index (χ4v) is 13.6. The van der Waals surface area contributed by atoms with E-state index in [1.807, 2.05) is 36.4 Å². The predicted octanol–water partition coefficient (Wildman–Crippen LogP) is 12.8. The molecule has 0 saturated carbocycles. The Labute approximate surface area is 764 Å². The molecule has 0 heterocycles. The molecule has 738 valence electrons. The summed E-state index contributed by atoms with van der Waals surface area (Å²) in [5, 5.41) is 0. The molecule has 127 heavy (non-hydrogen) atoms. The summed E-state index contributed by atoms with van der Waals surface area (Å²) in [6, 6.07) is 25.2. The summed E-state index contributed by atoms with van der Waals surface area (Å²) in [7, 11) is -0.967. The third-order valence-corrected chi connectivity index (χ3v) is 18.6. The Balaban J connectivity index is 1.11. The molecule has 0 N–H and O–H groups in total. The third-order valence-electron chi connectivity index (χ3n) is 18.6. The third kappa shape index (κ3) is 73.2. The molecule has 0 aromatic heterocycles. The van der Waals surface area contributed by atoms with Crippen LogP contribution in [0.5, 0.6) is 17.2 Å². The van der Waals surface area contributed by atoms with Gasteiger partial charge in [0.2, 0.25) is 0 Å². The van der Waals surface area contributed by atoms with E-state index >= 15 is 0 Å². The van der Waals surface area contributed by atoms with Crippen molar-refractivity contribution in [3.63, 3.8) is 0 Å². The van der Waals surface area contributed by atoms with E-state index in [0.717, 1.165) is 36.5 Å². The van der Waals surface area contributed by atoms with Crippen LogP contribution in [0.15, 0.2) is 72.8 Å². The van der Waals surface area contributed by atoms with Gasteiger partial charge in [0.15, 0.2) is 0 Å². The lowest BCUT2D eigenvalue weighted by Crippen LogP contribution is -2.32. The number of hydrogen-bond acceptors (Lipinski definition) is 30. The summed E-state index contributed by atoms with van der Waals surface area (Å²) >= 11 is 0. The minimum Gasteiger partial charge on any atom is -0.491 e. The maximum absolute atomic E-state index is 5.86. The average Bonchev–Trinajstić information content (AvgIpc) is 0.837. The first-order valence-electron chi connectivity index (χ1n) is 46.2. The van der Waals surface area contributed by atoms with E-state index in [-0.39, 0.29) is 52.3 Å². The second kappa shape index (κ2) is 77.4. The van der Waals surface area contributed by atoms with E-state index < -0.39 is 7.32 Å². The van der Waals surface area contributed by atoms with Gasteiger partial charge in [-0.2, -0.15) is 0 Å². The summed E-state index contributed by atoms with van der Waals surface area (Å²) < 4.78 is 170. The molecule has 0 saturated heterocycles. The van der Waals surface area contributed by atoms with Gasteiger partial charge in [0.05, 0.1) is 337 Å². The second-order valence-electron chi connectivity index (χ2n) is 35.6. The topological polar surface area (TPSA) is 277 Å². The van der Waals surface area contributed by atoms with Crippen LogP contribution in [0, 0.1) is 16.2 Å². The summed E-state index contributed by atoms with van der Waals surface area (Å²) in [6.07, 6.45) is 3.31. The van der Waals surface area contributed by atoms with Crippen LogP contribution in [0.2, 0.25) is 0 Å². The Hall–Kier alpha value is -3.96. The maximum Gasteiger partial charge on any atom is 0.639 e. The highest BCUT2D eigenvalue weighted by atomic mass is 16.7. The van der Waals surface area contributed by atoms with E-state index in [1.54, 1.807) is 0 Å². The number of hydrogen-bond donors (Lipinski definition) is 0. The quantitative estimate of drug-likeness (QED) is 0.0375. The van der Waals surface area contributed by atoms with Crippen molar-refractivity contribution in [1.29, 1.82) is 0 Å². The molecule has 31 heteroatoms. The zero-order chi connectivity index (χ0) is 92.0. The number of ether oxygens (including phenoxy) is 27. The molecule has 0 unspecified atom stereocenters. The Kier molecular flexibility index (Phi) is 71.4. The Morgan fingerprint density at radius 1 is 0.150 bits per heavy atom. The highest BCUT2D eigenvalue weighted by Gasteiger charge is 2.30. The van der Waals surface area contributed by atoms with Crippen LogP contribution in [-0.2, 0) is 144 Å². The predicted molar refractivity (Wildman–Crippen MR) is 490 cm³/mol. The molecule has 0 aliphatic heterocycles. The highest BCUT2D eigenvalue weighted by molar-refractivity contribution is 6.36. The first-order chi connectivity index (χ1) is 61.3. The molecule has 3 rings (SSSR count). The van der Waals surface area contributed by atoms with Crippen LogP contribution < -0.4 is 14.2 Å². The van der Waals surface area contributed by atoms with Gasteiger partial charge in [-0.1, -0.05) is 140 Å². The first kappa shape index (κ1) is 117. The Morgan fingerprint density at radius 3 is 0.378 bits per heavy atom. The van der Waals surface area contributed by atoms with Gasteiger partial charge in [-0.05, 0) is 105 Å². The van der Waals surface area contributed by atoms with E-state index in [0.29, 0.717) is 337 Å². The minimum atomic E-state index is -0.967. The molecule has 30 nitrogen and oxygen atoms in total. The van der Waals surface area contributed by atoms with Crippen molar-refractivity contribution in [1.82, 2.24) is 0 Å². The van der Waals surface area contributed by atoms with Crippen LogP contribution in [-0.4, -0.2) is 364 Å². The summed E-state index contributed by atoms with van der Waals surface area (Å²) in [6.45, 7) is 57.8. The molecular weight excluding hydrogens is 1640 g/mol. The first-order valence-corrected chi connectivity index (χ1v) is 46.2. The van der Waals surface area contributed by atoms with Gasteiger partial charge in [-0.15, -0.1) is 0 Å². The van der Waals surface area contributed by atoms with Gasteiger partial charge in [-0.25, -0.2) is 0 Å². The Morgan fingerprint density at radius 2 is 0.260 bits per heavy atom. The van der Waals surface area contributed by atoms with Crippen molar-refractivity contribution in [3.05, 3.63) is 89.5 Å². The van der Waals surface area contributed by atoms with Crippen LogP contribution in [0.1, 0.15) is 140 Å². The lowest BCUT2D eigenvalue weighted by Gasteiger charge is -2.33. The smallest absolute Gasteiger partial charge is 0.491 e. The van der Waals surface area contributed by atoms with Crippen molar-refractivity contribution in [2.45, 2.75) is 139 Å². The van der Waals surface area contributed by atoms with Gasteiger partial charge < -0.3 is 142 Å². The lowest BCUT2D eigenvalue weighted by molar-refractivity contribution is -0.0276. The number of benzene rings is 3.